The van der Waals surface area contributed by atoms with E-state index in [9.17, 15) is 19.2 Å². The molecule has 3 fully saturated rings. The molecule has 0 unspecified atom stereocenters. The summed E-state index contributed by atoms with van der Waals surface area (Å²) in [6.07, 6.45) is 6.75. The lowest BCUT2D eigenvalue weighted by atomic mass is 9.81. The van der Waals surface area contributed by atoms with E-state index < -0.39 is 0 Å². The standard InChI is InChI=1S/C34H44N4O4/c1-23-15-19-37(20-16-23)33(41)27-7-11-29(12-8-27)35-31(39)25-3-5-26(6-4-25)32(40)36-30-13-9-28(10-14-30)34(42)38-21-17-24(2)18-22-38/h7-14,23-26H,3-6,15-22H2,1-2H3,(H,35,39)(H,36,40). The van der Waals surface area contributed by atoms with Crippen LogP contribution in [0.1, 0.15) is 85.9 Å². The Kier molecular flexibility index (Phi) is 9.60. The van der Waals surface area contributed by atoms with Crippen molar-refractivity contribution in [2.45, 2.75) is 65.2 Å². The number of nitrogens with zero attached hydrogens (tertiary/aromatic N) is 2. The predicted molar refractivity (Wildman–Crippen MR) is 164 cm³/mol. The Hall–Kier alpha value is -3.68. The molecule has 0 aromatic heterocycles. The van der Waals surface area contributed by atoms with Crippen molar-refractivity contribution in [3.63, 3.8) is 0 Å². The fourth-order valence-electron chi connectivity index (χ4n) is 6.29. The number of likely N-dealkylation sites (tertiary alicyclic amines) is 2. The maximum atomic E-state index is 12.9. The molecule has 224 valence electrons. The van der Waals surface area contributed by atoms with Gasteiger partial charge in [0.1, 0.15) is 0 Å². The van der Waals surface area contributed by atoms with Gasteiger partial charge in [-0.3, -0.25) is 19.2 Å². The molecule has 1 saturated carbocycles. The van der Waals surface area contributed by atoms with Crippen LogP contribution >= 0.6 is 0 Å². The average Bonchev–Trinajstić information content (AvgIpc) is 3.02. The van der Waals surface area contributed by atoms with Crippen LogP contribution < -0.4 is 10.6 Å². The summed E-state index contributed by atoms with van der Waals surface area (Å²) < 4.78 is 0. The molecule has 2 N–H and O–H groups in total. The number of rotatable bonds is 6. The molecule has 42 heavy (non-hydrogen) atoms. The van der Waals surface area contributed by atoms with Crippen molar-refractivity contribution < 1.29 is 19.2 Å². The highest BCUT2D eigenvalue weighted by Crippen LogP contribution is 2.31. The number of carbonyl (C=O) groups is 4. The first-order chi connectivity index (χ1) is 20.3. The third kappa shape index (κ3) is 7.39. The van der Waals surface area contributed by atoms with E-state index in [1.54, 1.807) is 48.5 Å². The minimum absolute atomic E-state index is 0.0404. The number of nitrogens with one attached hydrogen (secondary N) is 2. The van der Waals surface area contributed by atoms with Crippen LogP contribution in [0.15, 0.2) is 48.5 Å². The molecule has 5 rings (SSSR count). The molecule has 0 bridgehead atoms. The second-order valence-corrected chi connectivity index (χ2v) is 12.6. The Morgan fingerprint density at radius 1 is 0.524 bits per heavy atom. The first-order valence-electron chi connectivity index (χ1n) is 15.7. The molecule has 4 amide bonds. The van der Waals surface area contributed by atoms with E-state index in [-0.39, 0.29) is 35.5 Å². The molecule has 2 aliphatic heterocycles. The number of hydrogen-bond acceptors (Lipinski definition) is 4. The third-order valence-electron chi connectivity index (χ3n) is 9.41. The normalized spacial score (nSPS) is 22.0. The Labute approximate surface area is 249 Å². The van der Waals surface area contributed by atoms with E-state index in [0.29, 0.717) is 60.0 Å². The Balaban J connectivity index is 1.05. The second-order valence-electron chi connectivity index (χ2n) is 12.6. The molecule has 0 radical (unpaired) electrons. The molecule has 1 aliphatic carbocycles. The molecular weight excluding hydrogens is 528 g/mol. The summed E-state index contributed by atoms with van der Waals surface area (Å²) in [6.45, 7) is 7.63. The monoisotopic (exact) mass is 572 g/mol. The summed E-state index contributed by atoms with van der Waals surface area (Å²) in [6, 6.07) is 14.3. The van der Waals surface area contributed by atoms with Crippen molar-refractivity contribution in [3.8, 4) is 0 Å². The topological polar surface area (TPSA) is 98.8 Å². The molecule has 8 nitrogen and oxygen atoms in total. The molecule has 2 aromatic carbocycles. The first-order valence-corrected chi connectivity index (χ1v) is 15.7. The SMILES string of the molecule is CC1CCN(C(=O)c2ccc(NC(=O)C3CCC(C(=O)Nc4ccc(C(=O)N5CCC(C)CC5)cc4)CC3)cc2)CC1. The van der Waals surface area contributed by atoms with Crippen molar-refractivity contribution in [2.75, 3.05) is 36.8 Å². The number of benzene rings is 2. The zero-order valence-corrected chi connectivity index (χ0v) is 24.9. The van der Waals surface area contributed by atoms with Crippen LogP contribution in [0, 0.1) is 23.7 Å². The Bertz CT molecular complexity index is 1150. The third-order valence-corrected chi connectivity index (χ3v) is 9.41. The summed E-state index contributed by atoms with van der Waals surface area (Å²) in [7, 11) is 0. The van der Waals surface area contributed by atoms with Crippen molar-refractivity contribution in [2.24, 2.45) is 23.7 Å². The molecule has 3 aliphatic rings. The highest BCUT2D eigenvalue weighted by atomic mass is 16.2. The van der Waals surface area contributed by atoms with Gasteiger partial charge in [0.15, 0.2) is 0 Å². The Morgan fingerprint density at radius 2 is 0.833 bits per heavy atom. The van der Waals surface area contributed by atoms with Crippen LogP contribution in [0.3, 0.4) is 0 Å². The average molecular weight is 573 g/mol. The van der Waals surface area contributed by atoms with Crippen LogP contribution in [0.4, 0.5) is 11.4 Å². The molecule has 0 atom stereocenters. The highest BCUT2D eigenvalue weighted by molar-refractivity contribution is 5.97. The van der Waals surface area contributed by atoms with Crippen molar-refractivity contribution in [1.29, 1.82) is 0 Å². The maximum absolute atomic E-state index is 12.9. The number of carbonyl (C=O) groups excluding carboxylic acids is 4. The van der Waals surface area contributed by atoms with E-state index in [0.717, 1.165) is 51.9 Å². The van der Waals surface area contributed by atoms with Crippen LogP contribution in [-0.2, 0) is 9.59 Å². The Morgan fingerprint density at radius 3 is 1.14 bits per heavy atom. The van der Waals surface area contributed by atoms with Gasteiger partial charge >= 0.3 is 0 Å². The molecular formula is C34H44N4O4. The smallest absolute Gasteiger partial charge is 0.253 e. The number of amides is 4. The summed E-state index contributed by atoms with van der Waals surface area (Å²) in [4.78, 5) is 55.3. The first kappa shape index (κ1) is 29.8. The maximum Gasteiger partial charge on any atom is 0.253 e. The van der Waals surface area contributed by atoms with Gasteiger partial charge in [0.05, 0.1) is 0 Å². The van der Waals surface area contributed by atoms with E-state index in [2.05, 4.69) is 24.5 Å². The van der Waals surface area contributed by atoms with Crippen molar-refractivity contribution >= 4 is 35.0 Å². The van der Waals surface area contributed by atoms with Gasteiger partial charge in [-0.1, -0.05) is 13.8 Å². The van der Waals surface area contributed by atoms with Crippen LogP contribution in [0.5, 0.6) is 0 Å². The quantitative estimate of drug-likeness (QED) is 0.456. The summed E-state index contributed by atoms with van der Waals surface area (Å²) >= 11 is 0. The molecule has 2 heterocycles. The van der Waals surface area contributed by atoms with E-state index in [1.807, 2.05) is 9.80 Å². The van der Waals surface area contributed by atoms with Crippen LogP contribution in [0.25, 0.3) is 0 Å². The number of hydrogen-bond donors (Lipinski definition) is 2. The zero-order valence-electron chi connectivity index (χ0n) is 24.9. The van der Waals surface area contributed by atoms with Gasteiger partial charge in [-0.15, -0.1) is 0 Å². The van der Waals surface area contributed by atoms with Crippen LogP contribution in [-0.4, -0.2) is 59.6 Å². The minimum atomic E-state index is -0.145. The van der Waals surface area contributed by atoms with Crippen molar-refractivity contribution in [1.82, 2.24) is 9.80 Å². The fraction of sp³-hybridized carbons (Fsp3) is 0.529. The van der Waals surface area contributed by atoms with Gasteiger partial charge in [-0.05, 0) is 112 Å². The number of piperidine rings is 2. The lowest BCUT2D eigenvalue weighted by Crippen LogP contribution is -2.37. The highest BCUT2D eigenvalue weighted by Gasteiger charge is 2.30. The molecule has 2 aromatic rings. The lowest BCUT2D eigenvalue weighted by molar-refractivity contribution is -0.125. The van der Waals surface area contributed by atoms with Gasteiger partial charge in [-0.2, -0.15) is 0 Å². The summed E-state index contributed by atoms with van der Waals surface area (Å²) in [5, 5.41) is 5.98. The molecule has 2 saturated heterocycles. The van der Waals surface area contributed by atoms with Gasteiger partial charge in [0, 0.05) is 60.5 Å². The molecule has 0 spiro atoms. The van der Waals surface area contributed by atoms with Gasteiger partial charge in [0.25, 0.3) is 11.8 Å². The van der Waals surface area contributed by atoms with Gasteiger partial charge in [0.2, 0.25) is 11.8 Å². The zero-order chi connectivity index (χ0) is 29.6. The van der Waals surface area contributed by atoms with Gasteiger partial charge < -0.3 is 20.4 Å². The van der Waals surface area contributed by atoms with E-state index in [4.69, 9.17) is 0 Å². The van der Waals surface area contributed by atoms with E-state index in [1.165, 1.54) is 0 Å². The summed E-state index contributed by atoms with van der Waals surface area (Å²) in [5.74, 6) is 1.06. The minimum Gasteiger partial charge on any atom is -0.339 e. The lowest BCUT2D eigenvalue weighted by Gasteiger charge is -2.30. The van der Waals surface area contributed by atoms with E-state index >= 15 is 0 Å². The second kappa shape index (κ2) is 13.5. The largest absolute Gasteiger partial charge is 0.339 e. The van der Waals surface area contributed by atoms with Crippen molar-refractivity contribution in [3.05, 3.63) is 59.7 Å². The fourth-order valence-corrected chi connectivity index (χ4v) is 6.29. The predicted octanol–water partition coefficient (Wildman–Crippen LogP) is 5.81. The summed E-state index contributed by atoms with van der Waals surface area (Å²) in [5.41, 5.74) is 2.65. The number of anilines is 2. The molecule has 8 heteroatoms. The van der Waals surface area contributed by atoms with Gasteiger partial charge in [-0.25, -0.2) is 0 Å². The van der Waals surface area contributed by atoms with Crippen LogP contribution in [0.2, 0.25) is 0 Å².